The number of aromatic nitrogens is 2. The molecule has 102 valence electrons. The Balaban J connectivity index is 1.88. The first-order chi connectivity index (χ1) is 9.28. The van der Waals surface area contributed by atoms with Crippen molar-refractivity contribution < 1.29 is 4.74 Å². The van der Waals surface area contributed by atoms with E-state index < -0.39 is 0 Å². The molecule has 0 saturated carbocycles. The van der Waals surface area contributed by atoms with Crippen LogP contribution < -0.4 is 5.73 Å². The predicted molar refractivity (Wildman–Crippen MR) is 75.9 cm³/mol. The van der Waals surface area contributed by atoms with E-state index in [2.05, 4.69) is 29.8 Å². The first-order valence-electron chi connectivity index (χ1n) is 7.04. The largest absolute Gasteiger partial charge is 0.378 e. The van der Waals surface area contributed by atoms with Crippen LogP contribution in [0.3, 0.4) is 0 Å². The van der Waals surface area contributed by atoms with E-state index in [1.54, 1.807) is 0 Å². The van der Waals surface area contributed by atoms with Gasteiger partial charge in [0.15, 0.2) is 0 Å². The van der Waals surface area contributed by atoms with Crippen LogP contribution in [0.4, 0.5) is 0 Å². The summed E-state index contributed by atoms with van der Waals surface area (Å²) >= 11 is 0. The molecule has 2 N–H and O–H groups in total. The zero-order chi connectivity index (χ0) is 13.2. The summed E-state index contributed by atoms with van der Waals surface area (Å²) in [5.41, 5.74) is 9.02. The number of aryl methyl sites for hydroxylation is 1. The second-order valence-corrected chi connectivity index (χ2v) is 5.31. The standard InChI is InChI=1S/C15H21N3O/c1-18-14-6-5-11(10-16)8-13(14)17-15(18)9-12-4-2-3-7-19-12/h5-6,8,12H,2-4,7,9-10,16H2,1H3. The van der Waals surface area contributed by atoms with E-state index in [4.69, 9.17) is 15.5 Å². The molecule has 0 spiro atoms. The molecule has 1 saturated heterocycles. The molecule has 1 aromatic carbocycles. The summed E-state index contributed by atoms with van der Waals surface area (Å²) in [5, 5.41) is 0. The number of hydrogen-bond donors (Lipinski definition) is 1. The van der Waals surface area contributed by atoms with Crippen LogP contribution >= 0.6 is 0 Å². The van der Waals surface area contributed by atoms with Crippen molar-refractivity contribution in [3.05, 3.63) is 29.6 Å². The van der Waals surface area contributed by atoms with Gasteiger partial charge in [-0.15, -0.1) is 0 Å². The lowest BCUT2D eigenvalue weighted by atomic mass is 10.1. The fourth-order valence-electron chi connectivity index (χ4n) is 2.78. The molecular formula is C15H21N3O. The maximum atomic E-state index is 5.80. The number of rotatable bonds is 3. The Morgan fingerprint density at radius 1 is 1.42 bits per heavy atom. The number of fused-ring (bicyclic) bond motifs is 1. The Bertz CT molecular complexity index is 570. The normalized spacial score (nSPS) is 20.0. The Morgan fingerprint density at radius 2 is 2.32 bits per heavy atom. The van der Waals surface area contributed by atoms with E-state index in [1.165, 1.54) is 18.4 Å². The highest BCUT2D eigenvalue weighted by molar-refractivity contribution is 5.76. The Labute approximate surface area is 113 Å². The molecule has 2 aromatic rings. The quantitative estimate of drug-likeness (QED) is 0.919. The van der Waals surface area contributed by atoms with Gasteiger partial charge in [0.1, 0.15) is 5.82 Å². The maximum absolute atomic E-state index is 5.80. The summed E-state index contributed by atoms with van der Waals surface area (Å²) in [7, 11) is 2.08. The van der Waals surface area contributed by atoms with Gasteiger partial charge in [-0.3, -0.25) is 0 Å². The molecule has 0 bridgehead atoms. The van der Waals surface area contributed by atoms with Gasteiger partial charge in [0, 0.05) is 26.6 Å². The Hall–Kier alpha value is -1.39. The van der Waals surface area contributed by atoms with Crippen molar-refractivity contribution in [2.45, 2.75) is 38.3 Å². The second-order valence-electron chi connectivity index (χ2n) is 5.31. The van der Waals surface area contributed by atoms with Crippen LogP contribution in [0.5, 0.6) is 0 Å². The molecule has 4 heteroatoms. The molecule has 0 radical (unpaired) electrons. The fraction of sp³-hybridized carbons (Fsp3) is 0.533. The molecule has 1 atom stereocenters. The molecule has 0 amide bonds. The Morgan fingerprint density at radius 3 is 3.05 bits per heavy atom. The number of ether oxygens (including phenoxy) is 1. The van der Waals surface area contributed by atoms with Gasteiger partial charge < -0.3 is 15.0 Å². The fourth-order valence-corrected chi connectivity index (χ4v) is 2.78. The minimum absolute atomic E-state index is 0.332. The molecule has 1 fully saturated rings. The lowest BCUT2D eigenvalue weighted by molar-refractivity contribution is 0.0153. The van der Waals surface area contributed by atoms with Gasteiger partial charge in [-0.2, -0.15) is 0 Å². The summed E-state index contributed by atoms with van der Waals surface area (Å²) in [5.74, 6) is 1.11. The summed E-state index contributed by atoms with van der Waals surface area (Å²) < 4.78 is 7.98. The lowest BCUT2D eigenvalue weighted by Gasteiger charge is -2.22. The highest BCUT2D eigenvalue weighted by Crippen LogP contribution is 2.21. The zero-order valence-corrected chi connectivity index (χ0v) is 11.4. The molecular weight excluding hydrogens is 238 g/mol. The Kier molecular flexibility index (Phi) is 3.53. The first kappa shape index (κ1) is 12.6. The van der Waals surface area contributed by atoms with Crippen LogP contribution in [-0.2, 0) is 24.8 Å². The first-order valence-corrected chi connectivity index (χ1v) is 7.04. The molecule has 19 heavy (non-hydrogen) atoms. The van der Waals surface area contributed by atoms with Crippen LogP contribution in [0.15, 0.2) is 18.2 Å². The summed E-state index contributed by atoms with van der Waals surface area (Å²) in [6.07, 6.45) is 4.85. The van der Waals surface area contributed by atoms with Gasteiger partial charge in [-0.25, -0.2) is 4.98 Å². The van der Waals surface area contributed by atoms with Crippen molar-refractivity contribution >= 4 is 11.0 Å². The predicted octanol–water partition coefficient (Wildman–Crippen LogP) is 2.14. The molecule has 0 aliphatic carbocycles. The molecule has 3 rings (SSSR count). The van der Waals surface area contributed by atoms with Crippen LogP contribution in [0.1, 0.15) is 30.7 Å². The van der Waals surface area contributed by atoms with Gasteiger partial charge in [-0.05, 0) is 37.0 Å². The molecule has 4 nitrogen and oxygen atoms in total. The highest BCUT2D eigenvalue weighted by atomic mass is 16.5. The highest BCUT2D eigenvalue weighted by Gasteiger charge is 2.18. The number of nitrogens with two attached hydrogens (primary N) is 1. The van der Waals surface area contributed by atoms with Crippen LogP contribution in [0.2, 0.25) is 0 Å². The summed E-state index contributed by atoms with van der Waals surface area (Å²) in [6, 6.07) is 6.27. The average Bonchev–Trinajstić information content (AvgIpc) is 2.76. The van der Waals surface area contributed by atoms with E-state index >= 15 is 0 Å². The number of nitrogens with zero attached hydrogens (tertiary/aromatic N) is 2. The van der Waals surface area contributed by atoms with Gasteiger partial charge in [0.2, 0.25) is 0 Å². The smallest absolute Gasteiger partial charge is 0.112 e. The summed E-state index contributed by atoms with van der Waals surface area (Å²) in [6.45, 7) is 1.46. The van der Waals surface area contributed by atoms with Crippen molar-refractivity contribution in [1.82, 2.24) is 9.55 Å². The molecule has 1 aliphatic heterocycles. The number of hydrogen-bond acceptors (Lipinski definition) is 3. The third-order valence-electron chi connectivity index (χ3n) is 3.96. The van der Waals surface area contributed by atoms with Crippen LogP contribution in [0, 0.1) is 0 Å². The van der Waals surface area contributed by atoms with Crippen molar-refractivity contribution in [3.8, 4) is 0 Å². The zero-order valence-electron chi connectivity index (χ0n) is 11.4. The minimum atomic E-state index is 0.332. The molecule has 1 aliphatic rings. The van der Waals surface area contributed by atoms with Crippen molar-refractivity contribution in [2.24, 2.45) is 12.8 Å². The number of imidazole rings is 1. The maximum Gasteiger partial charge on any atom is 0.112 e. The van der Waals surface area contributed by atoms with E-state index in [0.717, 1.165) is 36.4 Å². The van der Waals surface area contributed by atoms with Crippen molar-refractivity contribution in [2.75, 3.05) is 6.61 Å². The van der Waals surface area contributed by atoms with Crippen LogP contribution in [0.25, 0.3) is 11.0 Å². The third kappa shape index (κ3) is 2.51. The van der Waals surface area contributed by atoms with Gasteiger partial charge in [0.05, 0.1) is 17.1 Å². The van der Waals surface area contributed by atoms with E-state index in [9.17, 15) is 0 Å². The van der Waals surface area contributed by atoms with Gasteiger partial charge in [0.25, 0.3) is 0 Å². The SMILES string of the molecule is Cn1c(CC2CCCCO2)nc2cc(CN)ccc21. The molecule has 1 aromatic heterocycles. The topological polar surface area (TPSA) is 53.1 Å². The second kappa shape index (κ2) is 5.31. The van der Waals surface area contributed by atoms with Crippen molar-refractivity contribution in [1.29, 1.82) is 0 Å². The average molecular weight is 259 g/mol. The van der Waals surface area contributed by atoms with Crippen LogP contribution in [-0.4, -0.2) is 22.3 Å². The minimum Gasteiger partial charge on any atom is -0.378 e. The van der Waals surface area contributed by atoms with E-state index in [1.807, 2.05) is 0 Å². The third-order valence-corrected chi connectivity index (χ3v) is 3.96. The molecule has 1 unspecified atom stereocenters. The van der Waals surface area contributed by atoms with E-state index in [0.29, 0.717) is 12.6 Å². The van der Waals surface area contributed by atoms with Gasteiger partial charge in [-0.1, -0.05) is 6.07 Å². The van der Waals surface area contributed by atoms with Crippen molar-refractivity contribution in [3.63, 3.8) is 0 Å². The molecule has 2 heterocycles. The monoisotopic (exact) mass is 259 g/mol. The summed E-state index contributed by atoms with van der Waals surface area (Å²) in [4.78, 5) is 4.74. The number of benzene rings is 1. The van der Waals surface area contributed by atoms with Gasteiger partial charge >= 0.3 is 0 Å². The van der Waals surface area contributed by atoms with E-state index in [-0.39, 0.29) is 0 Å². The lowest BCUT2D eigenvalue weighted by Crippen LogP contribution is -2.22.